The van der Waals surface area contributed by atoms with Crippen LogP contribution in [0.1, 0.15) is 12.8 Å². The van der Waals surface area contributed by atoms with Crippen LogP contribution < -0.4 is 10.1 Å². The van der Waals surface area contributed by atoms with Crippen molar-refractivity contribution in [3.8, 4) is 5.75 Å². The lowest BCUT2D eigenvalue weighted by molar-refractivity contribution is -0.124. The largest absolute Gasteiger partial charge is 0.486 e. The molecule has 7 heteroatoms. The number of ether oxygens (including phenoxy) is 1. The molecule has 0 bridgehead atoms. The maximum Gasteiger partial charge on any atom is 0.224 e. The average molecular weight is 354 g/mol. The van der Waals surface area contributed by atoms with Crippen molar-refractivity contribution in [2.45, 2.75) is 12.8 Å². The molecule has 1 N–H and O–H groups in total. The van der Waals surface area contributed by atoms with Gasteiger partial charge < -0.3 is 10.1 Å². The highest BCUT2D eigenvalue weighted by molar-refractivity contribution is 6.30. The van der Waals surface area contributed by atoms with Crippen molar-refractivity contribution in [3.63, 3.8) is 0 Å². The summed E-state index contributed by atoms with van der Waals surface area (Å²) in [6.45, 7) is -0.205. The summed E-state index contributed by atoms with van der Waals surface area (Å²) in [5, 5.41) is 2.66. The number of benzene rings is 2. The van der Waals surface area contributed by atoms with E-state index in [1.54, 1.807) is 24.3 Å². The predicted molar refractivity (Wildman–Crippen MR) is 86.2 cm³/mol. The number of halogens is 3. The molecule has 0 aromatic heterocycles. The van der Waals surface area contributed by atoms with Crippen LogP contribution in [-0.4, -0.2) is 18.3 Å². The Balaban J connectivity index is 1.77. The summed E-state index contributed by atoms with van der Waals surface area (Å²) in [6.07, 6.45) is -0.300. The van der Waals surface area contributed by atoms with Gasteiger partial charge in [-0.15, -0.1) is 0 Å². The summed E-state index contributed by atoms with van der Waals surface area (Å²) < 4.78 is 32.0. The smallest absolute Gasteiger partial charge is 0.224 e. The van der Waals surface area contributed by atoms with Gasteiger partial charge in [0, 0.05) is 17.9 Å². The first-order chi connectivity index (χ1) is 11.5. The molecule has 2 rings (SSSR count). The zero-order chi connectivity index (χ0) is 17.5. The number of rotatable bonds is 7. The average Bonchev–Trinajstić information content (AvgIpc) is 2.56. The third-order valence-corrected chi connectivity index (χ3v) is 3.32. The molecule has 0 aliphatic heterocycles. The van der Waals surface area contributed by atoms with E-state index in [4.69, 9.17) is 16.3 Å². The number of Topliss-reactive ketones (excluding diaryl/α,β-unsaturated/α-hetero) is 1. The highest BCUT2D eigenvalue weighted by atomic mass is 35.5. The fraction of sp³-hybridized carbons (Fsp3) is 0.176. The number of hydrogen-bond donors (Lipinski definition) is 1. The van der Waals surface area contributed by atoms with E-state index in [9.17, 15) is 18.4 Å². The van der Waals surface area contributed by atoms with E-state index in [0.717, 1.165) is 12.1 Å². The van der Waals surface area contributed by atoms with Gasteiger partial charge >= 0.3 is 0 Å². The van der Waals surface area contributed by atoms with Crippen LogP contribution in [0.4, 0.5) is 14.5 Å². The van der Waals surface area contributed by atoms with E-state index < -0.39 is 23.2 Å². The molecule has 0 unspecified atom stereocenters. The van der Waals surface area contributed by atoms with Crippen LogP contribution in [-0.2, 0) is 9.59 Å². The Morgan fingerprint density at radius 2 is 1.62 bits per heavy atom. The van der Waals surface area contributed by atoms with Gasteiger partial charge in [0.25, 0.3) is 0 Å². The minimum Gasteiger partial charge on any atom is -0.486 e. The van der Waals surface area contributed by atoms with E-state index >= 15 is 0 Å². The summed E-state index contributed by atoms with van der Waals surface area (Å²) >= 11 is 5.73. The number of carbonyl (C=O) groups excluding carboxylic acids is 2. The van der Waals surface area contributed by atoms with Gasteiger partial charge in [0.15, 0.2) is 5.78 Å². The molecule has 0 saturated carbocycles. The third-order valence-electron chi connectivity index (χ3n) is 3.07. The molecule has 24 heavy (non-hydrogen) atoms. The van der Waals surface area contributed by atoms with Gasteiger partial charge in [-0.1, -0.05) is 17.7 Å². The molecule has 4 nitrogen and oxygen atoms in total. The van der Waals surface area contributed by atoms with Crippen LogP contribution in [0, 0.1) is 11.6 Å². The van der Waals surface area contributed by atoms with E-state index in [1.165, 1.54) is 6.07 Å². The summed E-state index contributed by atoms with van der Waals surface area (Å²) in [7, 11) is 0. The molecule has 126 valence electrons. The Morgan fingerprint density at radius 3 is 2.25 bits per heavy atom. The lowest BCUT2D eigenvalue weighted by Crippen LogP contribution is -2.18. The number of nitrogens with one attached hydrogen (secondary N) is 1. The van der Waals surface area contributed by atoms with Crippen LogP contribution in [0.5, 0.6) is 5.75 Å². The van der Waals surface area contributed by atoms with Crippen LogP contribution >= 0.6 is 11.6 Å². The molecule has 0 fully saturated rings. The fourth-order valence-electron chi connectivity index (χ4n) is 1.84. The molecule has 2 aromatic carbocycles. The zero-order valence-corrected chi connectivity index (χ0v) is 13.3. The van der Waals surface area contributed by atoms with Gasteiger partial charge in [0.05, 0.1) is 0 Å². The van der Waals surface area contributed by atoms with Gasteiger partial charge in [-0.2, -0.15) is 0 Å². The molecule has 0 aliphatic rings. The Hall–Kier alpha value is -2.47. The van der Waals surface area contributed by atoms with Gasteiger partial charge in [0.2, 0.25) is 5.91 Å². The second kappa shape index (κ2) is 8.40. The van der Waals surface area contributed by atoms with Crippen molar-refractivity contribution in [3.05, 3.63) is 59.1 Å². The molecular weight excluding hydrogens is 340 g/mol. The Kier molecular flexibility index (Phi) is 6.26. The Morgan fingerprint density at radius 1 is 1.00 bits per heavy atom. The maximum absolute atomic E-state index is 13.4. The molecule has 0 spiro atoms. The fourth-order valence-corrected chi connectivity index (χ4v) is 1.96. The minimum atomic E-state index is -0.874. The van der Waals surface area contributed by atoms with Crippen molar-refractivity contribution < 1.29 is 23.1 Å². The van der Waals surface area contributed by atoms with E-state index in [1.807, 2.05) is 0 Å². The summed E-state index contributed by atoms with van der Waals surface area (Å²) in [5.74, 6) is -2.24. The summed E-state index contributed by atoms with van der Waals surface area (Å²) in [5.41, 5.74) is -0.521. The first kappa shape index (κ1) is 17.9. The van der Waals surface area contributed by atoms with Crippen LogP contribution in [0.2, 0.25) is 5.02 Å². The SMILES string of the molecule is O=C(CCC(=O)Nc1c(F)cccc1F)COc1ccc(Cl)cc1. The zero-order valence-electron chi connectivity index (χ0n) is 12.5. The van der Waals surface area contributed by atoms with Gasteiger partial charge in [0.1, 0.15) is 29.7 Å². The number of anilines is 1. The molecule has 0 atom stereocenters. The quantitative estimate of drug-likeness (QED) is 0.819. The van der Waals surface area contributed by atoms with Crippen LogP contribution in [0.3, 0.4) is 0 Å². The lowest BCUT2D eigenvalue weighted by atomic mass is 10.2. The Bertz CT molecular complexity index is 715. The molecular formula is C17H14ClF2NO3. The molecule has 2 aromatic rings. The van der Waals surface area contributed by atoms with Gasteiger partial charge in [-0.05, 0) is 36.4 Å². The maximum atomic E-state index is 13.4. The van der Waals surface area contributed by atoms with Gasteiger partial charge in [-0.25, -0.2) is 8.78 Å². The topological polar surface area (TPSA) is 55.4 Å². The highest BCUT2D eigenvalue weighted by Gasteiger charge is 2.13. The van der Waals surface area contributed by atoms with E-state index in [-0.39, 0.29) is 25.2 Å². The monoisotopic (exact) mass is 353 g/mol. The number of hydrogen-bond acceptors (Lipinski definition) is 3. The second-order valence-electron chi connectivity index (χ2n) is 4.93. The van der Waals surface area contributed by atoms with Crippen LogP contribution in [0.25, 0.3) is 0 Å². The lowest BCUT2D eigenvalue weighted by Gasteiger charge is -2.08. The molecule has 0 saturated heterocycles. The number of para-hydroxylation sites is 1. The molecule has 0 radical (unpaired) electrons. The van der Waals surface area contributed by atoms with E-state index in [2.05, 4.69) is 5.32 Å². The van der Waals surface area contributed by atoms with Crippen molar-refractivity contribution in [2.75, 3.05) is 11.9 Å². The van der Waals surface area contributed by atoms with E-state index in [0.29, 0.717) is 10.8 Å². The normalized spacial score (nSPS) is 10.3. The van der Waals surface area contributed by atoms with Crippen molar-refractivity contribution in [1.29, 1.82) is 0 Å². The summed E-state index contributed by atoms with van der Waals surface area (Å²) in [6, 6.07) is 9.73. The van der Waals surface area contributed by atoms with Crippen LogP contribution in [0.15, 0.2) is 42.5 Å². The predicted octanol–water partition coefficient (Wildman–Crippen LogP) is 3.99. The first-order valence-corrected chi connectivity index (χ1v) is 7.47. The van der Waals surface area contributed by atoms with Gasteiger partial charge in [-0.3, -0.25) is 9.59 Å². The minimum absolute atomic E-state index is 0.102. The standard InChI is InChI=1S/C17H14ClF2NO3/c18-11-4-7-13(8-5-11)24-10-12(22)6-9-16(23)21-17-14(19)2-1-3-15(17)20/h1-5,7-8H,6,9-10H2,(H,21,23). The number of carbonyl (C=O) groups is 2. The summed E-state index contributed by atoms with van der Waals surface area (Å²) in [4.78, 5) is 23.4. The first-order valence-electron chi connectivity index (χ1n) is 7.09. The molecule has 1 amide bonds. The molecule has 0 aliphatic carbocycles. The Labute approximate surface area is 142 Å². The van der Waals surface area contributed by atoms with Crippen molar-refractivity contribution in [2.24, 2.45) is 0 Å². The van der Waals surface area contributed by atoms with Crippen molar-refractivity contribution >= 4 is 29.0 Å². The third kappa shape index (κ3) is 5.31. The number of ketones is 1. The molecule has 0 heterocycles. The highest BCUT2D eigenvalue weighted by Crippen LogP contribution is 2.18. The second-order valence-corrected chi connectivity index (χ2v) is 5.36. The van der Waals surface area contributed by atoms with Crippen molar-refractivity contribution in [1.82, 2.24) is 0 Å². The number of amides is 1.